The first kappa shape index (κ1) is 15.8. The standard InChI is InChI=1S/C17H23N3O3/c1-19(13-6-9-18-10-7-13)16(21)8-11-20-14-4-2-3-5-15(14)23-12-17(20)22/h2-5,13,18H,6-12H2,1H3. The van der Waals surface area contributed by atoms with E-state index in [0.29, 0.717) is 24.8 Å². The van der Waals surface area contributed by atoms with E-state index >= 15 is 0 Å². The molecule has 0 aliphatic carbocycles. The molecule has 0 radical (unpaired) electrons. The molecule has 23 heavy (non-hydrogen) atoms. The molecule has 2 heterocycles. The summed E-state index contributed by atoms with van der Waals surface area (Å²) in [5.74, 6) is 0.695. The molecule has 1 fully saturated rings. The predicted molar refractivity (Wildman–Crippen MR) is 87.6 cm³/mol. The van der Waals surface area contributed by atoms with Gasteiger partial charge >= 0.3 is 0 Å². The molecule has 6 heteroatoms. The van der Waals surface area contributed by atoms with E-state index in [1.165, 1.54) is 0 Å². The van der Waals surface area contributed by atoms with Gasteiger partial charge < -0.3 is 19.9 Å². The topological polar surface area (TPSA) is 61.9 Å². The van der Waals surface area contributed by atoms with Crippen LogP contribution in [0.4, 0.5) is 5.69 Å². The van der Waals surface area contributed by atoms with Gasteiger partial charge in [-0.25, -0.2) is 0 Å². The minimum absolute atomic E-state index is 0.0370. The van der Waals surface area contributed by atoms with Crippen molar-refractivity contribution in [2.75, 3.05) is 38.2 Å². The molecular weight excluding hydrogens is 294 g/mol. The van der Waals surface area contributed by atoms with E-state index in [1.54, 1.807) is 4.90 Å². The quantitative estimate of drug-likeness (QED) is 0.900. The summed E-state index contributed by atoms with van der Waals surface area (Å²) in [6.07, 6.45) is 2.31. The van der Waals surface area contributed by atoms with Crippen molar-refractivity contribution in [3.05, 3.63) is 24.3 Å². The molecule has 1 aromatic carbocycles. The molecule has 0 saturated carbocycles. The zero-order valence-corrected chi connectivity index (χ0v) is 13.5. The zero-order valence-electron chi connectivity index (χ0n) is 13.5. The molecule has 1 N–H and O–H groups in total. The van der Waals surface area contributed by atoms with Crippen LogP contribution in [0.25, 0.3) is 0 Å². The normalized spacial score (nSPS) is 18.3. The van der Waals surface area contributed by atoms with Crippen LogP contribution < -0.4 is 15.0 Å². The Morgan fingerprint density at radius 3 is 2.87 bits per heavy atom. The Morgan fingerprint density at radius 2 is 2.09 bits per heavy atom. The van der Waals surface area contributed by atoms with E-state index in [1.807, 2.05) is 36.2 Å². The molecule has 2 aliphatic heterocycles. The smallest absolute Gasteiger partial charge is 0.265 e. The number of piperidine rings is 1. The first-order valence-electron chi connectivity index (χ1n) is 8.15. The molecule has 124 valence electrons. The average molecular weight is 317 g/mol. The minimum Gasteiger partial charge on any atom is -0.482 e. The third-order valence-corrected chi connectivity index (χ3v) is 4.61. The number of hydrogen-bond donors (Lipinski definition) is 1. The Labute approximate surface area is 136 Å². The molecule has 2 aliphatic rings. The van der Waals surface area contributed by atoms with Gasteiger partial charge in [-0.3, -0.25) is 9.59 Å². The van der Waals surface area contributed by atoms with Crippen LogP contribution in [0.1, 0.15) is 19.3 Å². The summed E-state index contributed by atoms with van der Waals surface area (Å²) in [6.45, 7) is 2.35. The number of para-hydroxylation sites is 2. The first-order valence-corrected chi connectivity index (χ1v) is 8.15. The molecule has 0 unspecified atom stereocenters. The van der Waals surface area contributed by atoms with Gasteiger partial charge in [-0.05, 0) is 38.1 Å². The molecule has 1 saturated heterocycles. The number of anilines is 1. The number of carbonyl (C=O) groups excluding carboxylic acids is 2. The number of ether oxygens (including phenoxy) is 1. The van der Waals surface area contributed by atoms with Crippen molar-refractivity contribution in [1.29, 1.82) is 0 Å². The maximum Gasteiger partial charge on any atom is 0.265 e. The van der Waals surface area contributed by atoms with Crippen LogP contribution in [-0.2, 0) is 9.59 Å². The maximum absolute atomic E-state index is 12.4. The van der Waals surface area contributed by atoms with Gasteiger partial charge in [0.1, 0.15) is 5.75 Å². The summed E-state index contributed by atoms with van der Waals surface area (Å²) in [7, 11) is 1.87. The lowest BCUT2D eigenvalue weighted by Crippen LogP contribution is -2.46. The van der Waals surface area contributed by atoms with Gasteiger partial charge in [0.25, 0.3) is 5.91 Å². The number of nitrogens with one attached hydrogen (secondary N) is 1. The molecule has 2 amide bonds. The number of fused-ring (bicyclic) bond motifs is 1. The summed E-state index contributed by atoms with van der Waals surface area (Å²) in [6, 6.07) is 7.75. The van der Waals surface area contributed by atoms with Gasteiger partial charge in [-0.15, -0.1) is 0 Å². The fourth-order valence-corrected chi connectivity index (χ4v) is 3.18. The van der Waals surface area contributed by atoms with Crippen molar-refractivity contribution in [1.82, 2.24) is 10.2 Å². The van der Waals surface area contributed by atoms with Crippen molar-refractivity contribution in [2.24, 2.45) is 0 Å². The van der Waals surface area contributed by atoms with Crippen LogP contribution >= 0.6 is 0 Å². The monoisotopic (exact) mass is 317 g/mol. The third-order valence-electron chi connectivity index (χ3n) is 4.61. The average Bonchev–Trinajstić information content (AvgIpc) is 2.60. The largest absolute Gasteiger partial charge is 0.482 e. The van der Waals surface area contributed by atoms with Gasteiger partial charge in [0.15, 0.2) is 6.61 Å². The molecular formula is C17H23N3O3. The predicted octanol–water partition coefficient (Wildman–Crippen LogP) is 1.01. The zero-order chi connectivity index (χ0) is 16.2. The fourth-order valence-electron chi connectivity index (χ4n) is 3.18. The van der Waals surface area contributed by atoms with Gasteiger partial charge in [-0.1, -0.05) is 12.1 Å². The van der Waals surface area contributed by atoms with E-state index in [9.17, 15) is 9.59 Å². The Kier molecular flexibility index (Phi) is 4.81. The van der Waals surface area contributed by atoms with Crippen LogP contribution in [0.5, 0.6) is 5.75 Å². The van der Waals surface area contributed by atoms with Crippen LogP contribution in [0, 0.1) is 0 Å². The Balaban J connectivity index is 1.61. The van der Waals surface area contributed by atoms with Crippen LogP contribution in [0.3, 0.4) is 0 Å². The Hall–Kier alpha value is -2.08. The third kappa shape index (κ3) is 3.47. The van der Waals surface area contributed by atoms with E-state index in [0.717, 1.165) is 31.6 Å². The highest BCUT2D eigenvalue weighted by molar-refractivity contribution is 5.98. The fraction of sp³-hybridized carbons (Fsp3) is 0.529. The molecule has 0 spiro atoms. The molecule has 0 atom stereocenters. The number of carbonyl (C=O) groups is 2. The van der Waals surface area contributed by atoms with Gasteiger partial charge in [0.2, 0.25) is 5.91 Å². The van der Waals surface area contributed by atoms with Crippen LogP contribution in [0.2, 0.25) is 0 Å². The van der Waals surface area contributed by atoms with Crippen molar-refractivity contribution < 1.29 is 14.3 Å². The number of rotatable bonds is 4. The lowest BCUT2D eigenvalue weighted by molar-refractivity contribution is -0.132. The van der Waals surface area contributed by atoms with Crippen LogP contribution in [-0.4, -0.2) is 56.0 Å². The Bertz CT molecular complexity index is 584. The molecule has 1 aromatic rings. The lowest BCUT2D eigenvalue weighted by atomic mass is 10.1. The second-order valence-electron chi connectivity index (χ2n) is 6.04. The van der Waals surface area contributed by atoms with Crippen molar-refractivity contribution in [2.45, 2.75) is 25.3 Å². The lowest BCUT2D eigenvalue weighted by Gasteiger charge is -2.33. The van der Waals surface area contributed by atoms with Crippen molar-refractivity contribution in [3.63, 3.8) is 0 Å². The maximum atomic E-state index is 12.4. The summed E-state index contributed by atoms with van der Waals surface area (Å²) >= 11 is 0. The summed E-state index contributed by atoms with van der Waals surface area (Å²) in [5, 5.41) is 3.30. The SMILES string of the molecule is CN(C(=O)CCN1C(=O)COc2ccccc21)C1CCNCC1. The second-order valence-corrected chi connectivity index (χ2v) is 6.04. The molecule has 0 bridgehead atoms. The minimum atomic E-state index is -0.0963. The molecule has 6 nitrogen and oxygen atoms in total. The Morgan fingerprint density at radius 1 is 1.35 bits per heavy atom. The summed E-state index contributed by atoms with van der Waals surface area (Å²) in [4.78, 5) is 28.1. The highest BCUT2D eigenvalue weighted by Crippen LogP contribution is 2.31. The number of amides is 2. The van der Waals surface area contributed by atoms with Crippen molar-refractivity contribution >= 4 is 17.5 Å². The molecule has 3 rings (SSSR count). The van der Waals surface area contributed by atoms with Gasteiger partial charge in [0, 0.05) is 26.1 Å². The number of nitrogens with zero attached hydrogens (tertiary/aromatic N) is 2. The van der Waals surface area contributed by atoms with E-state index < -0.39 is 0 Å². The van der Waals surface area contributed by atoms with Crippen molar-refractivity contribution in [3.8, 4) is 5.75 Å². The number of benzene rings is 1. The van der Waals surface area contributed by atoms with Gasteiger partial charge in [-0.2, -0.15) is 0 Å². The van der Waals surface area contributed by atoms with Crippen LogP contribution in [0.15, 0.2) is 24.3 Å². The summed E-state index contributed by atoms with van der Waals surface area (Å²) < 4.78 is 5.42. The molecule has 0 aromatic heterocycles. The number of hydrogen-bond acceptors (Lipinski definition) is 4. The highest BCUT2D eigenvalue weighted by Gasteiger charge is 2.27. The van der Waals surface area contributed by atoms with E-state index in [4.69, 9.17) is 4.74 Å². The van der Waals surface area contributed by atoms with E-state index in [2.05, 4.69) is 5.32 Å². The highest BCUT2D eigenvalue weighted by atomic mass is 16.5. The summed E-state index contributed by atoms with van der Waals surface area (Å²) in [5.41, 5.74) is 0.751. The van der Waals surface area contributed by atoms with Gasteiger partial charge in [0.05, 0.1) is 5.69 Å². The first-order chi connectivity index (χ1) is 11.2. The second kappa shape index (κ2) is 7.00. The van der Waals surface area contributed by atoms with E-state index in [-0.39, 0.29) is 18.4 Å².